The van der Waals surface area contributed by atoms with Gasteiger partial charge in [0.15, 0.2) is 0 Å². The van der Waals surface area contributed by atoms with Crippen LogP contribution in [0, 0.1) is 0 Å². The summed E-state index contributed by atoms with van der Waals surface area (Å²) in [5.74, 6) is -0.185. The van der Waals surface area contributed by atoms with E-state index in [0.717, 1.165) is 6.42 Å². The lowest BCUT2D eigenvalue weighted by molar-refractivity contribution is -0.147. The van der Waals surface area contributed by atoms with Crippen LogP contribution in [-0.4, -0.2) is 31.1 Å². The smallest absolute Gasteiger partial charge is 0.297 e. The summed E-state index contributed by atoms with van der Waals surface area (Å²) in [6.45, 7) is 3.87. The van der Waals surface area contributed by atoms with Crippen LogP contribution in [0.3, 0.4) is 0 Å². The SMILES string of the molecule is BCC(=O)OC(CC)CC(O)CC. The number of aliphatic hydroxyl groups is 1. The molecule has 3 nitrogen and oxygen atoms in total. The van der Waals surface area contributed by atoms with Crippen molar-refractivity contribution in [2.45, 2.75) is 51.6 Å². The average Bonchev–Trinajstić information content (AvgIpc) is 2.16. The Morgan fingerprint density at radius 3 is 2.46 bits per heavy atom. The van der Waals surface area contributed by atoms with E-state index in [-0.39, 0.29) is 18.2 Å². The Kier molecular flexibility index (Phi) is 6.68. The Morgan fingerprint density at radius 2 is 2.08 bits per heavy atom. The molecule has 13 heavy (non-hydrogen) atoms. The molecule has 76 valence electrons. The number of hydrogen-bond acceptors (Lipinski definition) is 3. The Labute approximate surface area is 80.9 Å². The van der Waals surface area contributed by atoms with Gasteiger partial charge >= 0.3 is 0 Å². The summed E-state index contributed by atoms with van der Waals surface area (Å²) in [5.41, 5.74) is 0. The van der Waals surface area contributed by atoms with Crippen molar-refractivity contribution in [1.82, 2.24) is 0 Å². The van der Waals surface area contributed by atoms with Crippen molar-refractivity contribution >= 4 is 13.8 Å². The Hall–Kier alpha value is -0.505. The molecule has 0 bridgehead atoms. The van der Waals surface area contributed by atoms with Gasteiger partial charge in [-0.3, -0.25) is 4.79 Å². The van der Waals surface area contributed by atoms with Crippen LogP contribution >= 0.6 is 0 Å². The molecule has 0 aromatic heterocycles. The second-order valence-electron chi connectivity index (χ2n) is 3.17. The maximum atomic E-state index is 10.9. The fraction of sp³-hybridized carbons (Fsp3) is 0.889. The van der Waals surface area contributed by atoms with Gasteiger partial charge < -0.3 is 9.84 Å². The molecule has 0 aromatic rings. The Balaban J connectivity index is 3.81. The standard InChI is InChI=1S/C9H19BO3/c1-3-7(11)5-8(4-2)13-9(12)6-10/h7-8,11H,3-6,10H2,1-2H3. The first-order chi connectivity index (χ1) is 6.13. The minimum absolute atomic E-state index is 0.123. The molecule has 0 heterocycles. The first-order valence-corrected chi connectivity index (χ1v) is 5.01. The van der Waals surface area contributed by atoms with Gasteiger partial charge in [0.1, 0.15) is 14.0 Å². The fourth-order valence-corrected chi connectivity index (χ4v) is 1.04. The molecule has 0 aromatic carbocycles. The van der Waals surface area contributed by atoms with Gasteiger partial charge in [0.2, 0.25) is 0 Å². The van der Waals surface area contributed by atoms with Crippen LogP contribution in [0.25, 0.3) is 0 Å². The van der Waals surface area contributed by atoms with Crippen LogP contribution in [0.15, 0.2) is 0 Å². The lowest BCUT2D eigenvalue weighted by Gasteiger charge is -2.18. The summed E-state index contributed by atoms with van der Waals surface area (Å²) < 4.78 is 5.12. The lowest BCUT2D eigenvalue weighted by atomic mass is 10.0. The summed E-state index contributed by atoms with van der Waals surface area (Å²) in [4.78, 5) is 10.9. The summed E-state index contributed by atoms with van der Waals surface area (Å²) in [5, 5.41) is 9.35. The van der Waals surface area contributed by atoms with E-state index in [1.807, 2.05) is 13.8 Å². The quantitative estimate of drug-likeness (QED) is 0.485. The number of aliphatic hydroxyl groups excluding tert-OH is 1. The van der Waals surface area contributed by atoms with Gasteiger partial charge in [0.05, 0.1) is 6.10 Å². The van der Waals surface area contributed by atoms with Gasteiger partial charge in [-0.05, 0) is 12.8 Å². The van der Waals surface area contributed by atoms with Crippen LogP contribution in [0.4, 0.5) is 0 Å². The van der Waals surface area contributed by atoms with E-state index in [1.165, 1.54) is 0 Å². The van der Waals surface area contributed by atoms with Gasteiger partial charge in [-0.2, -0.15) is 0 Å². The van der Waals surface area contributed by atoms with Gasteiger partial charge in [-0.1, -0.05) is 13.8 Å². The topological polar surface area (TPSA) is 46.5 Å². The highest BCUT2D eigenvalue weighted by Gasteiger charge is 2.14. The molecule has 2 unspecified atom stereocenters. The normalized spacial score (nSPS) is 15.0. The third-order valence-corrected chi connectivity index (χ3v) is 2.05. The third kappa shape index (κ3) is 5.69. The molecule has 4 heteroatoms. The second-order valence-corrected chi connectivity index (χ2v) is 3.17. The molecular formula is C9H19BO3. The lowest BCUT2D eigenvalue weighted by Crippen LogP contribution is -2.22. The predicted molar refractivity (Wildman–Crippen MR) is 54.4 cm³/mol. The summed E-state index contributed by atoms with van der Waals surface area (Å²) >= 11 is 0. The highest BCUT2D eigenvalue weighted by atomic mass is 16.5. The first kappa shape index (κ1) is 12.5. The van der Waals surface area contributed by atoms with Gasteiger partial charge in [0.25, 0.3) is 5.97 Å². The zero-order valence-electron chi connectivity index (χ0n) is 8.75. The van der Waals surface area contributed by atoms with Gasteiger partial charge in [0, 0.05) is 12.7 Å². The number of ether oxygens (including phenoxy) is 1. The fourth-order valence-electron chi connectivity index (χ4n) is 1.04. The number of carbonyl (C=O) groups is 1. The number of rotatable bonds is 6. The maximum absolute atomic E-state index is 10.9. The zero-order chi connectivity index (χ0) is 10.3. The summed E-state index contributed by atoms with van der Waals surface area (Å²) in [6.07, 6.45) is 1.96. The van der Waals surface area contributed by atoms with Crippen molar-refractivity contribution in [2.75, 3.05) is 0 Å². The number of esters is 1. The van der Waals surface area contributed by atoms with E-state index in [0.29, 0.717) is 19.2 Å². The van der Waals surface area contributed by atoms with E-state index in [9.17, 15) is 9.90 Å². The zero-order valence-corrected chi connectivity index (χ0v) is 8.75. The van der Waals surface area contributed by atoms with E-state index in [1.54, 1.807) is 7.85 Å². The van der Waals surface area contributed by atoms with E-state index >= 15 is 0 Å². The van der Waals surface area contributed by atoms with Gasteiger partial charge in [-0.25, -0.2) is 0 Å². The van der Waals surface area contributed by atoms with E-state index in [4.69, 9.17) is 4.74 Å². The van der Waals surface area contributed by atoms with Crippen LogP contribution in [0.5, 0.6) is 0 Å². The molecular weight excluding hydrogens is 167 g/mol. The highest BCUT2D eigenvalue weighted by Crippen LogP contribution is 2.10. The van der Waals surface area contributed by atoms with Crippen molar-refractivity contribution in [3.05, 3.63) is 0 Å². The van der Waals surface area contributed by atoms with Gasteiger partial charge in [-0.15, -0.1) is 0 Å². The Bertz CT molecular complexity index is 150. The minimum atomic E-state index is -0.352. The number of carbonyl (C=O) groups excluding carboxylic acids is 1. The van der Waals surface area contributed by atoms with E-state index in [2.05, 4.69) is 0 Å². The molecule has 0 amide bonds. The summed E-state index contributed by atoms with van der Waals surface area (Å²) in [6, 6.07) is 0. The minimum Gasteiger partial charge on any atom is -0.463 e. The van der Waals surface area contributed by atoms with Crippen molar-refractivity contribution in [3.63, 3.8) is 0 Å². The van der Waals surface area contributed by atoms with Crippen molar-refractivity contribution in [3.8, 4) is 0 Å². The largest absolute Gasteiger partial charge is 0.463 e. The van der Waals surface area contributed by atoms with Crippen LogP contribution < -0.4 is 0 Å². The molecule has 2 atom stereocenters. The highest BCUT2D eigenvalue weighted by molar-refractivity contribution is 6.18. The Morgan fingerprint density at radius 1 is 1.46 bits per heavy atom. The molecule has 0 radical (unpaired) electrons. The molecule has 0 rings (SSSR count). The molecule has 0 spiro atoms. The van der Waals surface area contributed by atoms with E-state index < -0.39 is 0 Å². The second kappa shape index (κ2) is 6.95. The molecule has 0 saturated carbocycles. The monoisotopic (exact) mass is 186 g/mol. The molecule has 1 N–H and O–H groups in total. The first-order valence-electron chi connectivity index (χ1n) is 5.01. The maximum Gasteiger partial charge on any atom is 0.297 e. The number of hydrogen-bond donors (Lipinski definition) is 1. The third-order valence-electron chi connectivity index (χ3n) is 2.05. The molecule has 0 aliphatic rings. The molecule has 0 aliphatic carbocycles. The van der Waals surface area contributed by atoms with Crippen molar-refractivity contribution in [2.24, 2.45) is 0 Å². The van der Waals surface area contributed by atoms with Crippen molar-refractivity contribution in [1.29, 1.82) is 0 Å². The van der Waals surface area contributed by atoms with Crippen molar-refractivity contribution < 1.29 is 14.6 Å². The predicted octanol–water partition coefficient (Wildman–Crippen LogP) is 0.521. The molecule has 0 aliphatic heterocycles. The summed E-state index contributed by atoms with van der Waals surface area (Å²) in [7, 11) is 1.77. The molecule has 0 fully saturated rings. The average molecular weight is 186 g/mol. The molecule has 0 saturated heterocycles. The van der Waals surface area contributed by atoms with Crippen LogP contribution in [-0.2, 0) is 9.53 Å². The van der Waals surface area contributed by atoms with Crippen LogP contribution in [0.1, 0.15) is 33.1 Å². The van der Waals surface area contributed by atoms with Crippen LogP contribution in [0.2, 0.25) is 6.32 Å².